The molecule has 0 radical (unpaired) electrons. The molecule has 0 saturated heterocycles. The van der Waals surface area contributed by atoms with Crippen molar-refractivity contribution in [3.63, 3.8) is 0 Å². The maximum absolute atomic E-state index is 10.8. The highest BCUT2D eigenvalue weighted by atomic mass is 16.4. The number of aromatic carboxylic acids is 1. The van der Waals surface area contributed by atoms with Gasteiger partial charge in [0, 0.05) is 25.5 Å². The lowest BCUT2D eigenvalue weighted by Gasteiger charge is -2.20. The topological polar surface area (TPSA) is 66.3 Å². The first-order chi connectivity index (χ1) is 6.70. The average molecular weight is 195 g/mol. The van der Waals surface area contributed by atoms with E-state index in [1.807, 2.05) is 18.7 Å². The number of nitrogens with zero attached hydrogens (tertiary/aromatic N) is 3. The third kappa shape index (κ3) is 1.99. The normalized spacial score (nSPS) is 9.86. The molecule has 5 nitrogen and oxygen atoms in total. The number of carboxylic acid groups (broad SMARTS) is 1. The van der Waals surface area contributed by atoms with Gasteiger partial charge in [-0.1, -0.05) is 0 Å². The Morgan fingerprint density at radius 2 is 1.93 bits per heavy atom. The van der Waals surface area contributed by atoms with Crippen molar-refractivity contribution >= 4 is 11.8 Å². The van der Waals surface area contributed by atoms with Crippen molar-refractivity contribution in [1.82, 2.24) is 9.97 Å². The molecule has 0 aliphatic rings. The summed E-state index contributed by atoms with van der Waals surface area (Å²) >= 11 is 0. The molecule has 1 aromatic rings. The maximum Gasteiger partial charge on any atom is 0.358 e. The number of rotatable bonds is 4. The summed E-state index contributed by atoms with van der Waals surface area (Å²) in [7, 11) is 0. The van der Waals surface area contributed by atoms with E-state index >= 15 is 0 Å². The molecule has 0 aliphatic heterocycles. The van der Waals surface area contributed by atoms with Gasteiger partial charge in [0.05, 0.1) is 0 Å². The highest BCUT2D eigenvalue weighted by Crippen LogP contribution is 2.13. The molecule has 0 spiro atoms. The predicted molar refractivity (Wildman–Crippen MR) is 52.6 cm³/mol. The molecule has 0 saturated carbocycles. The molecule has 0 aliphatic carbocycles. The van der Waals surface area contributed by atoms with E-state index in [1.54, 1.807) is 0 Å². The number of hydrogen-bond acceptors (Lipinski definition) is 4. The molecule has 1 heterocycles. The fourth-order valence-corrected chi connectivity index (χ4v) is 1.24. The zero-order chi connectivity index (χ0) is 10.6. The summed E-state index contributed by atoms with van der Waals surface area (Å²) in [6.07, 6.45) is 2.89. The third-order valence-electron chi connectivity index (χ3n) is 1.94. The van der Waals surface area contributed by atoms with Gasteiger partial charge in [0.25, 0.3) is 0 Å². The highest BCUT2D eigenvalue weighted by Gasteiger charge is 2.16. The van der Waals surface area contributed by atoms with Crippen LogP contribution in [0.4, 0.5) is 5.82 Å². The second-order valence-corrected chi connectivity index (χ2v) is 2.71. The van der Waals surface area contributed by atoms with E-state index in [0.29, 0.717) is 5.82 Å². The number of carboxylic acids is 1. The molecule has 5 heteroatoms. The Kier molecular flexibility index (Phi) is 3.39. The second kappa shape index (κ2) is 4.55. The predicted octanol–water partition coefficient (Wildman–Crippen LogP) is 1.02. The van der Waals surface area contributed by atoms with Gasteiger partial charge in [0.1, 0.15) is 0 Å². The molecule has 14 heavy (non-hydrogen) atoms. The van der Waals surface area contributed by atoms with E-state index in [4.69, 9.17) is 5.11 Å². The fourth-order valence-electron chi connectivity index (χ4n) is 1.24. The van der Waals surface area contributed by atoms with Gasteiger partial charge < -0.3 is 10.0 Å². The summed E-state index contributed by atoms with van der Waals surface area (Å²) in [5, 5.41) is 8.88. The van der Waals surface area contributed by atoms with Gasteiger partial charge in [0.15, 0.2) is 11.5 Å². The van der Waals surface area contributed by atoms with Gasteiger partial charge in [-0.05, 0) is 13.8 Å². The van der Waals surface area contributed by atoms with Crippen molar-refractivity contribution in [3.8, 4) is 0 Å². The van der Waals surface area contributed by atoms with Crippen molar-refractivity contribution in [1.29, 1.82) is 0 Å². The molecule has 1 N–H and O–H groups in total. The quantitative estimate of drug-likeness (QED) is 0.777. The molecule has 0 unspecified atom stereocenters. The summed E-state index contributed by atoms with van der Waals surface area (Å²) in [4.78, 5) is 20.5. The monoisotopic (exact) mass is 195 g/mol. The SMILES string of the molecule is CCN(CC)c1nccnc1C(=O)O. The molecular weight excluding hydrogens is 182 g/mol. The lowest BCUT2D eigenvalue weighted by molar-refractivity contribution is 0.0691. The van der Waals surface area contributed by atoms with E-state index < -0.39 is 5.97 Å². The first kappa shape index (κ1) is 10.4. The van der Waals surface area contributed by atoms with Crippen LogP contribution in [0.3, 0.4) is 0 Å². The minimum atomic E-state index is -1.04. The highest BCUT2D eigenvalue weighted by molar-refractivity contribution is 5.90. The molecular formula is C9H13N3O2. The summed E-state index contributed by atoms with van der Waals surface area (Å²) in [5.74, 6) is -0.606. The standard InChI is InChI=1S/C9H13N3O2/c1-3-12(4-2)8-7(9(13)14)10-5-6-11-8/h5-6H,3-4H2,1-2H3,(H,13,14). The Morgan fingerprint density at radius 1 is 1.36 bits per heavy atom. The van der Waals surface area contributed by atoms with Crippen LogP contribution in [0.25, 0.3) is 0 Å². The van der Waals surface area contributed by atoms with Crippen LogP contribution in [-0.2, 0) is 0 Å². The van der Waals surface area contributed by atoms with E-state index in [2.05, 4.69) is 9.97 Å². The third-order valence-corrected chi connectivity index (χ3v) is 1.94. The zero-order valence-electron chi connectivity index (χ0n) is 8.27. The van der Waals surface area contributed by atoms with Crippen LogP contribution in [0.5, 0.6) is 0 Å². The Balaban J connectivity index is 3.11. The van der Waals surface area contributed by atoms with Crippen LogP contribution in [0.1, 0.15) is 24.3 Å². The van der Waals surface area contributed by atoms with Crippen LogP contribution in [-0.4, -0.2) is 34.1 Å². The van der Waals surface area contributed by atoms with Crippen molar-refractivity contribution in [2.24, 2.45) is 0 Å². The van der Waals surface area contributed by atoms with Crippen molar-refractivity contribution in [2.45, 2.75) is 13.8 Å². The van der Waals surface area contributed by atoms with Crippen LogP contribution >= 0.6 is 0 Å². The maximum atomic E-state index is 10.8. The molecule has 0 bridgehead atoms. The number of hydrogen-bond donors (Lipinski definition) is 1. The van der Waals surface area contributed by atoms with Crippen LogP contribution in [0.2, 0.25) is 0 Å². The first-order valence-corrected chi connectivity index (χ1v) is 4.49. The number of carbonyl (C=O) groups is 1. The minimum absolute atomic E-state index is 0.0104. The molecule has 0 aromatic carbocycles. The summed E-state index contributed by atoms with van der Waals surface area (Å²) in [6.45, 7) is 5.33. The van der Waals surface area contributed by atoms with E-state index in [1.165, 1.54) is 12.4 Å². The van der Waals surface area contributed by atoms with Crippen molar-refractivity contribution in [2.75, 3.05) is 18.0 Å². The molecule has 1 aromatic heterocycles. The Hall–Kier alpha value is -1.65. The first-order valence-electron chi connectivity index (χ1n) is 4.49. The second-order valence-electron chi connectivity index (χ2n) is 2.71. The van der Waals surface area contributed by atoms with Crippen molar-refractivity contribution in [3.05, 3.63) is 18.1 Å². The smallest absolute Gasteiger partial charge is 0.358 e. The molecule has 0 fully saturated rings. The van der Waals surface area contributed by atoms with Gasteiger partial charge in [-0.15, -0.1) is 0 Å². The van der Waals surface area contributed by atoms with E-state index in [-0.39, 0.29) is 5.69 Å². The van der Waals surface area contributed by atoms with Gasteiger partial charge in [-0.3, -0.25) is 0 Å². The Bertz CT molecular complexity index is 324. The van der Waals surface area contributed by atoms with E-state index in [0.717, 1.165) is 13.1 Å². The van der Waals surface area contributed by atoms with E-state index in [9.17, 15) is 4.79 Å². The van der Waals surface area contributed by atoms with Gasteiger partial charge >= 0.3 is 5.97 Å². The number of aromatic nitrogens is 2. The molecule has 0 amide bonds. The summed E-state index contributed by atoms with van der Waals surface area (Å²) in [5.41, 5.74) is 0.0104. The van der Waals surface area contributed by atoms with Gasteiger partial charge in [-0.2, -0.15) is 0 Å². The summed E-state index contributed by atoms with van der Waals surface area (Å²) < 4.78 is 0. The lowest BCUT2D eigenvalue weighted by atomic mass is 10.3. The van der Waals surface area contributed by atoms with Gasteiger partial charge in [-0.25, -0.2) is 14.8 Å². The zero-order valence-corrected chi connectivity index (χ0v) is 8.27. The van der Waals surface area contributed by atoms with Crippen LogP contribution in [0, 0.1) is 0 Å². The average Bonchev–Trinajstić information content (AvgIpc) is 2.20. The molecule has 76 valence electrons. The molecule has 0 atom stereocenters. The summed E-state index contributed by atoms with van der Waals surface area (Å²) in [6, 6.07) is 0. The molecule has 1 rings (SSSR count). The Morgan fingerprint density at radius 3 is 2.43 bits per heavy atom. The van der Waals surface area contributed by atoms with Crippen LogP contribution in [0.15, 0.2) is 12.4 Å². The largest absolute Gasteiger partial charge is 0.476 e. The number of anilines is 1. The van der Waals surface area contributed by atoms with Crippen molar-refractivity contribution < 1.29 is 9.90 Å². The lowest BCUT2D eigenvalue weighted by Crippen LogP contribution is -2.25. The Labute approximate surface area is 82.4 Å². The fraction of sp³-hybridized carbons (Fsp3) is 0.444. The minimum Gasteiger partial charge on any atom is -0.476 e. The van der Waals surface area contributed by atoms with Gasteiger partial charge in [0.2, 0.25) is 0 Å². The van der Waals surface area contributed by atoms with Crippen LogP contribution < -0.4 is 4.90 Å².